The van der Waals surface area contributed by atoms with Gasteiger partial charge in [-0.25, -0.2) is 0 Å². The summed E-state index contributed by atoms with van der Waals surface area (Å²) in [6.07, 6.45) is 4.78. The van der Waals surface area contributed by atoms with Crippen LogP contribution in [0.4, 0.5) is 5.69 Å². The van der Waals surface area contributed by atoms with E-state index in [9.17, 15) is 14.7 Å². The molecule has 4 nitrogen and oxygen atoms in total. The Morgan fingerprint density at radius 2 is 1.86 bits per heavy atom. The van der Waals surface area contributed by atoms with Gasteiger partial charge in [-0.2, -0.15) is 0 Å². The fraction of sp³-hybridized carbons (Fsp3) is 0.500. The minimum Gasteiger partial charge on any atom is -0.481 e. The van der Waals surface area contributed by atoms with Crippen molar-refractivity contribution in [2.24, 2.45) is 23.7 Å². The predicted molar refractivity (Wildman–Crippen MR) is 82.3 cm³/mol. The molecule has 112 valence electrons. The third-order valence-corrected chi connectivity index (χ3v) is 5.66. The highest BCUT2D eigenvalue weighted by atomic mass is 32.2. The third-order valence-electron chi connectivity index (χ3n) is 4.87. The number of carbonyl (C=O) groups is 2. The molecule has 0 radical (unpaired) electrons. The summed E-state index contributed by atoms with van der Waals surface area (Å²) in [7, 11) is 0. The molecule has 0 aromatic heterocycles. The molecule has 4 atom stereocenters. The van der Waals surface area contributed by atoms with Crippen LogP contribution in [0.1, 0.15) is 19.3 Å². The van der Waals surface area contributed by atoms with Gasteiger partial charge in [-0.05, 0) is 49.5 Å². The van der Waals surface area contributed by atoms with E-state index in [4.69, 9.17) is 0 Å². The molecule has 0 heterocycles. The molecule has 3 rings (SSSR count). The summed E-state index contributed by atoms with van der Waals surface area (Å²) in [6.45, 7) is 0. The van der Waals surface area contributed by atoms with E-state index in [1.807, 2.05) is 30.5 Å². The average molecular weight is 305 g/mol. The number of carboxylic acid groups (broad SMARTS) is 1. The van der Waals surface area contributed by atoms with Crippen molar-refractivity contribution in [1.29, 1.82) is 0 Å². The largest absolute Gasteiger partial charge is 0.481 e. The Bertz CT molecular complexity index is 574. The monoisotopic (exact) mass is 305 g/mol. The van der Waals surface area contributed by atoms with E-state index in [1.165, 1.54) is 0 Å². The number of benzene rings is 1. The fourth-order valence-electron chi connectivity index (χ4n) is 3.99. The Hall–Kier alpha value is -1.49. The maximum atomic E-state index is 12.6. The zero-order chi connectivity index (χ0) is 15.0. The van der Waals surface area contributed by atoms with E-state index in [-0.39, 0.29) is 23.7 Å². The van der Waals surface area contributed by atoms with Gasteiger partial charge < -0.3 is 10.4 Å². The van der Waals surface area contributed by atoms with Gasteiger partial charge in [0, 0.05) is 4.90 Å². The van der Waals surface area contributed by atoms with Gasteiger partial charge in [0.15, 0.2) is 0 Å². The van der Waals surface area contributed by atoms with E-state index in [2.05, 4.69) is 5.32 Å². The number of nitrogens with one attached hydrogen (secondary N) is 1. The third kappa shape index (κ3) is 2.55. The molecule has 1 aromatic carbocycles. The minimum atomic E-state index is -0.819. The zero-order valence-electron chi connectivity index (χ0n) is 11.9. The Kier molecular flexibility index (Phi) is 3.93. The Balaban J connectivity index is 1.80. The minimum absolute atomic E-state index is 0.129. The first-order chi connectivity index (χ1) is 10.1. The first-order valence-corrected chi connectivity index (χ1v) is 8.51. The van der Waals surface area contributed by atoms with Gasteiger partial charge in [0.05, 0.1) is 17.5 Å². The van der Waals surface area contributed by atoms with Crippen molar-refractivity contribution in [2.45, 2.75) is 24.2 Å². The highest BCUT2D eigenvalue weighted by Gasteiger charge is 2.54. The van der Waals surface area contributed by atoms with Gasteiger partial charge in [0.2, 0.25) is 5.91 Å². The number of carboxylic acids is 1. The highest BCUT2D eigenvalue weighted by Crippen LogP contribution is 2.52. The van der Waals surface area contributed by atoms with Gasteiger partial charge in [-0.3, -0.25) is 9.59 Å². The summed E-state index contributed by atoms with van der Waals surface area (Å²) in [4.78, 5) is 25.1. The lowest BCUT2D eigenvalue weighted by atomic mass is 9.78. The summed E-state index contributed by atoms with van der Waals surface area (Å²) in [5, 5.41) is 12.4. The second kappa shape index (κ2) is 5.72. The lowest BCUT2D eigenvalue weighted by Crippen LogP contribution is -2.37. The maximum absolute atomic E-state index is 12.6. The number of para-hydroxylation sites is 1. The molecule has 2 saturated carbocycles. The van der Waals surface area contributed by atoms with E-state index in [0.717, 1.165) is 29.8 Å². The summed E-state index contributed by atoms with van der Waals surface area (Å²) >= 11 is 1.57. The van der Waals surface area contributed by atoms with Crippen LogP contribution in [0.5, 0.6) is 0 Å². The molecule has 0 aliphatic heterocycles. The standard InChI is InChI=1S/C16H19NO3S/c1-21-12-5-3-2-4-11(12)17-15(18)13-9-6-7-10(8-9)14(13)16(19)20/h2-5,9-10,13-14H,6-8H2,1H3,(H,17,18)(H,19,20)/t9-,10-,13-,14+/m0/s1. The van der Waals surface area contributed by atoms with Crippen molar-refractivity contribution in [1.82, 2.24) is 0 Å². The lowest BCUT2D eigenvalue weighted by Gasteiger charge is -2.27. The Morgan fingerprint density at radius 3 is 2.52 bits per heavy atom. The zero-order valence-corrected chi connectivity index (χ0v) is 12.7. The number of thioether (sulfide) groups is 1. The molecule has 0 saturated heterocycles. The van der Waals surface area contributed by atoms with E-state index < -0.39 is 11.9 Å². The smallest absolute Gasteiger partial charge is 0.307 e. The number of rotatable bonds is 4. The quantitative estimate of drug-likeness (QED) is 0.839. The van der Waals surface area contributed by atoms with Gasteiger partial charge in [-0.1, -0.05) is 12.1 Å². The molecule has 5 heteroatoms. The van der Waals surface area contributed by atoms with Crippen LogP contribution in [-0.4, -0.2) is 23.2 Å². The molecule has 0 spiro atoms. The number of hydrogen-bond acceptors (Lipinski definition) is 3. The average Bonchev–Trinajstić information content (AvgIpc) is 3.08. The van der Waals surface area contributed by atoms with Gasteiger partial charge in [0.25, 0.3) is 0 Å². The highest BCUT2D eigenvalue weighted by molar-refractivity contribution is 7.98. The van der Waals surface area contributed by atoms with Crippen LogP contribution < -0.4 is 5.32 Å². The van der Waals surface area contributed by atoms with Crippen LogP contribution in [-0.2, 0) is 9.59 Å². The molecule has 2 aliphatic carbocycles. The van der Waals surface area contributed by atoms with Crippen molar-refractivity contribution in [2.75, 3.05) is 11.6 Å². The van der Waals surface area contributed by atoms with Crippen molar-refractivity contribution in [3.8, 4) is 0 Å². The maximum Gasteiger partial charge on any atom is 0.307 e. The molecule has 2 N–H and O–H groups in total. The molecular formula is C16H19NO3S. The second-order valence-corrected chi connectivity index (χ2v) is 6.76. The summed E-state index contributed by atoms with van der Waals surface area (Å²) < 4.78 is 0. The molecule has 2 aliphatic rings. The van der Waals surface area contributed by atoms with Crippen LogP contribution in [0, 0.1) is 23.7 Å². The first kappa shape index (κ1) is 14.4. The normalized spacial score (nSPS) is 30.3. The van der Waals surface area contributed by atoms with Crippen molar-refractivity contribution in [3.63, 3.8) is 0 Å². The van der Waals surface area contributed by atoms with Gasteiger partial charge in [-0.15, -0.1) is 11.8 Å². The molecule has 1 aromatic rings. The van der Waals surface area contributed by atoms with Gasteiger partial charge >= 0.3 is 5.97 Å². The van der Waals surface area contributed by atoms with Crippen molar-refractivity contribution in [3.05, 3.63) is 24.3 Å². The van der Waals surface area contributed by atoms with Crippen LogP contribution >= 0.6 is 11.8 Å². The molecule has 2 fully saturated rings. The van der Waals surface area contributed by atoms with E-state index >= 15 is 0 Å². The number of fused-ring (bicyclic) bond motifs is 2. The molecule has 2 bridgehead atoms. The number of anilines is 1. The van der Waals surface area contributed by atoms with Crippen LogP contribution in [0.2, 0.25) is 0 Å². The summed E-state index contributed by atoms with van der Waals surface area (Å²) in [5.41, 5.74) is 0.780. The summed E-state index contributed by atoms with van der Waals surface area (Å²) in [5.74, 6) is -1.42. The number of aliphatic carboxylic acids is 1. The molecular weight excluding hydrogens is 286 g/mol. The number of amides is 1. The Labute approximate surface area is 128 Å². The van der Waals surface area contributed by atoms with E-state index in [0.29, 0.717) is 0 Å². The van der Waals surface area contributed by atoms with Crippen LogP contribution in [0.25, 0.3) is 0 Å². The molecule has 0 unspecified atom stereocenters. The second-order valence-electron chi connectivity index (χ2n) is 5.91. The van der Waals surface area contributed by atoms with E-state index in [1.54, 1.807) is 11.8 Å². The topological polar surface area (TPSA) is 66.4 Å². The van der Waals surface area contributed by atoms with Gasteiger partial charge in [0.1, 0.15) is 0 Å². The lowest BCUT2D eigenvalue weighted by molar-refractivity contribution is -0.148. The SMILES string of the molecule is CSc1ccccc1NC(=O)[C@H]1[C@H]2CC[C@@H](C2)[C@H]1C(=O)O. The molecule has 1 amide bonds. The molecule has 21 heavy (non-hydrogen) atoms. The van der Waals surface area contributed by atoms with Crippen molar-refractivity contribution >= 4 is 29.3 Å². The predicted octanol–water partition coefficient (Wildman–Crippen LogP) is 3.09. The first-order valence-electron chi connectivity index (χ1n) is 7.28. The number of carbonyl (C=O) groups excluding carboxylic acids is 1. The number of hydrogen-bond donors (Lipinski definition) is 2. The van der Waals surface area contributed by atoms with Crippen LogP contribution in [0.15, 0.2) is 29.2 Å². The fourth-order valence-corrected chi connectivity index (χ4v) is 4.54. The summed E-state index contributed by atoms with van der Waals surface area (Å²) in [6, 6.07) is 7.63. The van der Waals surface area contributed by atoms with Crippen LogP contribution in [0.3, 0.4) is 0 Å². The Morgan fingerprint density at radius 1 is 1.19 bits per heavy atom. The van der Waals surface area contributed by atoms with Crippen molar-refractivity contribution < 1.29 is 14.7 Å².